The second kappa shape index (κ2) is 6.78. The molecular weight excluding hydrogens is 367 g/mol. The van der Waals surface area contributed by atoms with E-state index in [-0.39, 0.29) is 5.56 Å². The van der Waals surface area contributed by atoms with Gasteiger partial charge in [0.05, 0.1) is 22.3 Å². The number of aromatic nitrogens is 1. The summed E-state index contributed by atoms with van der Waals surface area (Å²) in [4.78, 5) is 16.6. The van der Waals surface area contributed by atoms with Crippen molar-refractivity contribution in [1.82, 2.24) is 4.98 Å². The van der Waals surface area contributed by atoms with Gasteiger partial charge in [0.25, 0.3) is 0 Å². The molecule has 0 unspecified atom stereocenters. The molecule has 0 saturated heterocycles. The lowest BCUT2D eigenvalue weighted by molar-refractivity contribution is -0.137. The van der Waals surface area contributed by atoms with E-state index in [1.54, 1.807) is 30.3 Å². The van der Waals surface area contributed by atoms with E-state index in [4.69, 9.17) is 0 Å². The van der Waals surface area contributed by atoms with Crippen molar-refractivity contribution in [2.24, 2.45) is 0 Å². The number of para-hydroxylation sites is 1. The highest BCUT2D eigenvalue weighted by atomic mass is 19.4. The Morgan fingerprint density at radius 1 is 1.04 bits per heavy atom. The van der Waals surface area contributed by atoms with Gasteiger partial charge in [-0.3, -0.25) is 0 Å². The third-order valence-corrected chi connectivity index (χ3v) is 4.96. The molecule has 1 aliphatic rings. The fraction of sp³-hybridized carbons (Fsp3) is 0.182. The number of hydrogen-bond acceptors (Lipinski definition) is 2. The van der Waals surface area contributed by atoms with Gasteiger partial charge < -0.3 is 5.11 Å². The fourth-order valence-corrected chi connectivity index (χ4v) is 3.69. The minimum Gasteiger partial charge on any atom is -0.478 e. The highest BCUT2D eigenvalue weighted by molar-refractivity contribution is 6.05. The molecule has 3 nitrogen and oxygen atoms in total. The molecule has 1 aromatic heterocycles. The Balaban J connectivity index is 1.85. The molecule has 142 valence electrons. The van der Waals surface area contributed by atoms with Gasteiger partial charge in [0, 0.05) is 5.39 Å². The fourth-order valence-electron chi connectivity index (χ4n) is 3.69. The van der Waals surface area contributed by atoms with Gasteiger partial charge in [-0.15, -0.1) is 0 Å². The standard InChI is InChI=1S/C22H16F3NO2/c23-22(24,25)15-10-8-13(9-11-15)12-14-4-3-6-17-19(21(27)28)16-5-1-2-7-18(16)26-20(14)17/h1-2,5,7-12H,3-4,6H2,(H,27,28)/b14-12+. The second-order valence-electron chi connectivity index (χ2n) is 6.78. The predicted octanol–water partition coefficient (Wildman–Crippen LogP) is 5.83. The van der Waals surface area contributed by atoms with Crippen LogP contribution < -0.4 is 0 Å². The summed E-state index contributed by atoms with van der Waals surface area (Å²) >= 11 is 0. The molecule has 1 heterocycles. The van der Waals surface area contributed by atoms with Crippen LogP contribution in [0.15, 0.2) is 48.5 Å². The summed E-state index contributed by atoms with van der Waals surface area (Å²) in [6.07, 6.45) is -0.511. The van der Waals surface area contributed by atoms with Gasteiger partial charge in [0.1, 0.15) is 0 Å². The van der Waals surface area contributed by atoms with Crippen LogP contribution in [-0.2, 0) is 12.6 Å². The van der Waals surface area contributed by atoms with E-state index >= 15 is 0 Å². The summed E-state index contributed by atoms with van der Waals surface area (Å²) < 4.78 is 38.3. The lowest BCUT2D eigenvalue weighted by Crippen LogP contribution is -2.13. The summed E-state index contributed by atoms with van der Waals surface area (Å²) in [5.41, 5.74) is 2.95. The number of fused-ring (bicyclic) bond motifs is 2. The van der Waals surface area contributed by atoms with E-state index in [1.165, 1.54) is 12.1 Å². The molecule has 1 aliphatic carbocycles. The van der Waals surface area contributed by atoms with E-state index in [0.29, 0.717) is 40.6 Å². The molecule has 0 radical (unpaired) electrons. The third kappa shape index (κ3) is 3.26. The molecule has 6 heteroatoms. The maximum absolute atomic E-state index is 12.8. The average Bonchev–Trinajstić information content (AvgIpc) is 2.66. The van der Waals surface area contributed by atoms with Crippen LogP contribution in [0, 0.1) is 0 Å². The van der Waals surface area contributed by atoms with Crippen LogP contribution in [0.4, 0.5) is 13.2 Å². The topological polar surface area (TPSA) is 50.2 Å². The molecule has 0 aliphatic heterocycles. The van der Waals surface area contributed by atoms with E-state index in [2.05, 4.69) is 4.98 Å². The minimum atomic E-state index is -4.38. The van der Waals surface area contributed by atoms with Crippen LogP contribution in [0.5, 0.6) is 0 Å². The SMILES string of the molecule is O=C(O)c1c2c(nc3ccccc13)/C(=C/c1ccc(C(F)(F)F)cc1)CCC2. The molecule has 0 atom stereocenters. The molecular formula is C22H16F3NO2. The van der Waals surface area contributed by atoms with Crippen molar-refractivity contribution in [3.05, 3.63) is 76.5 Å². The number of carbonyl (C=O) groups is 1. The number of pyridine rings is 1. The van der Waals surface area contributed by atoms with Gasteiger partial charge in [-0.1, -0.05) is 30.3 Å². The van der Waals surface area contributed by atoms with Crippen LogP contribution in [0.2, 0.25) is 0 Å². The number of halogens is 3. The first-order chi connectivity index (χ1) is 13.3. The number of benzene rings is 2. The normalized spacial score (nSPS) is 15.6. The van der Waals surface area contributed by atoms with Gasteiger partial charge in [0.15, 0.2) is 0 Å². The number of allylic oxidation sites excluding steroid dienone is 1. The molecule has 1 N–H and O–H groups in total. The van der Waals surface area contributed by atoms with Crippen molar-refractivity contribution >= 4 is 28.5 Å². The van der Waals surface area contributed by atoms with Crippen LogP contribution >= 0.6 is 0 Å². The van der Waals surface area contributed by atoms with Gasteiger partial charge in [0.2, 0.25) is 0 Å². The smallest absolute Gasteiger partial charge is 0.416 e. The molecule has 0 spiro atoms. The molecule has 28 heavy (non-hydrogen) atoms. The van der Waals surface area contributed by atoms with E-state index in [9.17, 15) is 23.1 Å². The maximum atomic E-state index is 12.8. The third-order valence-electron chi connectivity index (χ3n) is 4.96. The van der Waals surface area contributed by atoms with Gasteiger partial charge in [-0.2, -0.15) is 13.2 Å². The average molecular weight is 383 g/mol. The highest BCUT2D eigenvalue weighted by Crippen LogP contribution is 2.36. The molecule has 0 amide bonds. The number of aromatic carboxylic acids is 1. The Kier molecular flexibility index (Phi) is 4.41. The first-order valence-corrected chi connectivity index (χ1v) is 8.88. The maximum Gasteiger partial charge on any atom is 0.416 e. The number of carboxylic acid groups (broad SMARTS) is 1. The van der Waals surface area contributed by atoms with E-state index in [1.807, 2.05) is 0 Å². The Morgan fingerprint density at radius 2 is 1.75 bits per heavy atom. The number of carboxylic acids is 1. The van der Waals surface area contributed by atoms with Crippen molar-refractivity contribution in [2.45, 2.75) is 25.4 Å². The van der Waals surface area contributed by atoms with Crippen molar-refractivity contribution in [3.8, 4) is 0 Å². The van der Waals surface area contributed by atoms with Crippen LogP contribution in [0.1, 0.15) is 45.6 Å². The Labute approximate surface area is 159 Å². The predicted molar refractivity (Wildman–Crippen MR) is 101 cm³/mol. The monoisotopic (exact) mass is 383 g/mol. The number of hydrogen-bond donors (Lipinski definition) is 1. The van der Waals surface area contributed by atoms with Crippen molar-refractivity contribution in [2.75, 3.05) is 0 Å². The molecule has 0 saturated carbocycles. The van der Waals surface area contributed by atoms with Crippen LogP contribution in [0.3, 0.4) is 0 Å². The van der Waals surface area contributed by atoms with Crippen LogP contribution in [0.25, 0.3) is 22.6 Å². The quantitative estimate of drug-likeness (QED) is 0.606. The van der Waals surface area contributed by atoms with Crippen molar-refractivity contribution in [1.29, 1.82) is 0 Å². The van der Waals surface area contributed by atoms with Crippen LogP contribution in [-0.4, -0.2) is 16.1 Å². The zero-order valence-corrected chi connectivity index (χ0v) is 14.8. The first kappa shape index (κ1) is 18.2. The van der Waals surface area contributed by atoms with Gasteiger partial charge >= 0.3 is 12.1 Å². The lowest BCUT2D eigenvalue weighted by atomic mass is 9.86. The lowest BCUT2D eigenvalue weighted by Gasteiger charge is -2.21. The largest absolute Gasteiger partial charge is 0.478 e. The number of rotatable bonds is 2. The van der Waals surface area contributed by atoms with E-state index in [0.717, 1.165) is 24.1 Å². The number of alkyl halides is 3. The van der Waals surface area contributed by atoms with Crippen molar-refractivity contribution < 1.29 is 23.1 Å². The first-order valence-electron chi connectivity index (χ1n) is 8.88. The second-order valence-corrected chi connectivity index (χ2v) is 6.78. The Morgan fingerprint density at radius 3 is 2.43 bits per heavy atom. The summed E-state index contributed by atoms with van der Waals surface area (Å²) in [6.45, 7) is 0. The zero-order chi connectivity index (χ0) is 19.9. The van der Waals surface area contributed by atoms with Gasteiger partial charge in [-0.25, -0.2) is 9.78 Å². The Hall–Kier alpha value is -3.15. The highest BCUT2D eigenvalue weighted by Gasteiger charge is 2.30. The molecule has 4 rings (SSSR count). The summed E-state index contributed by atoms with van der Waals surface area (Å²) in [7, 11) is 0. The summed E-state index contributed by atoms with van der Waals surface area (Å²) in [5.74, 6) is -0.995. The van der Waals surface area contributed by atoms with Gasteiger partial charge in [-0.05, 0) is 60.2 Å². The van der Waals surface area contributed by atoms with E-state index < -0.39 is 17.7 Å². The summed E-state index contributed by atoms with van der Waals surface area (Å²) in [5, 5.41) is 10.4. The minimum absolute atomic E-state index is 0.263. The summed E-state index contributed by atoms with van der Waals surface area (Å²) in [6, 6.07) is 12.0. The van der Waals surface area contributed by atoms with Crippen molar-refractivity contribution in [3.63, 3.8) is 0 Å². The molecule has 0 fully saturated rings. The zero-order valence-electron chi connectivity index (χ0n) is 14.8. The molecule has 3 aromatic rings. The number of nitrogens with zero attached hydrogens (tertiary/aromatic N) is 1. The Bertz CT molecular complexity index is 1100. The molecule has 0 bridgehead atoms. The molecule has 2 aromatic carbocycles.